The zero-order chi connectivity index (χ0) is 12.5. The van der Waals surface area contributed by atoms with E-state index in [1.165, 1.54) is 12.1 Å². The molecule has 0 unspecified atom stereocenters. The second kappa shape index (κ2) is 4.59. The maximum absolute atomic E-state index is 13.0. The van der Waals surface area contributed by atoms with E-state index >= 15 is 0 Å². The molecule has 0 bridgehead atoms. The van der Waals surface area contributed by atoms with Crippen LogP contribution in [-0.2, 0) is 0 Å². The van der Waals surface area contributed by atoms with E-state index in [1.54, 1.807) is 6.07 Å². The summed E-state index contributed by atoms with van der Waals surface area (Å²) in [5.74, 6) is -2.47. The number of rotatable bonds is 2. The van der Waals surface area contributed by atoms with Crippen molar-refractivity contribution in [2.75, 3.05) is 0 Å². The van der Waals surface area contributed by atoms with Crippen molar-refractivity contribution in [2.24, 2.45) is 0 Å². The third-order valence-electron chi connectivity index (χ3n) is 3.11. The molecular weight excluding hydrogens is 229 g/mol. The van der Waals surface area contributed by atoms with Crippen LogP contribution in [0.3, 0.4) is 0 Å². The van der Waals surface area contributed by atoms with E-state index in [1.807, 2.05) is 6.92 Å². The van der Waals surface area contributed by atoms with Gasteiger partial charge in [-0.15, -0.1) is 0 Å². The van der Waals surface area contributed by atoms with Crippen molar-refractivity contribution in [3.63, 3.8) is 0 Å². The summed E-state index contributed by atoms with van der Waals surface area (Å²) in [5, 5.41) is 0. The largest absolute Gasteiger partial charge is 0.490 e. The first-order chi connectivity index (χ1) is 7.96. The number of halogens is 3. The Morgan fingerprint density at radius 2 is 1.88 bits per heavy atom. The Hall–Kier alpha value is -1.19. The summed E-state index contributed by atoms with van der Waals surface area (Å²) >= 11 is 0. The third-order valence-corrected chi connectivity index (χ3v) is 3.11. The average Bonchev–Trinajstić information content (AvgIpc) is 2.26. The third kappa shape index (κ3) is 3.14. The second-order valence-electron chi connectivity index (χ2n) is 4.58. The molecule has 0 heterocycles. The molecule has 0 amide bonds. The number of benzene rings is 1. The van der Waals surface area contributed by atoms with Gasteiger partial charge in [-0.25, -0.2) is 13.2 Å². The summed E-state index contributed by atoms with van der Waals surface area (Å²) in [4.78, 5) is 0. The zero-order valence-corrected chi connectivity index (χ0v) is 9.68. The van der Waals surface area contributed by atoms with Crippen LogP contribution in [0.25, 0.3) is 0 Å². The molecule has 2 rings (SSSR count). The predicted molar refractivity (Wildman–Crippen MR) is 59.0 cm³/mol. The maximum Gasteiger partial charge on any atom is 0.248 e. The molecule has 0 aliphatic heterocycles. The summed E-state index contributed by atoms with van der Waals surface area (Å²) in [5.41, 5.74) is 0.823. The van der Waals surface area contributed by atoms with E-state index in [0.29, 0.717) is 18.6 Å². The minimum Gasteiger partial charge on any atom is -0.490 e. The average molecular weight is 244 g/mol. The van der Waals surface area contributed by atoms with Gasteiger partial charge in [0, 0.05) is 18.9 Å². The first kappa shape index (κ1) is 12.3. The van der Waals surface area contributed by atoms with E-state index in [-0.39, 0.29) is 24.8 Å². The molecule has 0 atom stereocenters. The SMILES string of the molecule is Cc1ccc(F)cc1OC1CCC(F)(F)CC1. The van der Waals surface area contributed by atoms with Crippen LogP contribution in [0, 0.1) is 12.7 Å². The Bertz CT molecular complexity index is 394. The van der Waals surface area contributed by atoms with Gasteiger partial charge in [-0.1, -0.05) is 6.07 Å². The molecule has 0 aromatic heterocycles. The van der Waals surface area contributed by atoms with Crippen molar-refractivity contribution >= 4 is 0 Å². The fourth-order valence-electron chi connectivity index (χ4n) is 2.01. The highest BCUT2D eigenvalue weighted by atomic mass is 19.3. The maximum atomic E-state index is 13.0. The van der Waals surface area contributed by atoms with Gasteiger partial charge in [0.05, 0.1) is 6.10 Å². The van der Waals surface area contributed by atoms with E-state index in [2.05, 4.69) is 0 Å². The second-order valence-corrected chi connectivity index (χ2v) is 4.58. The molecule has 0 saturated heterocycles. The van der Waals surface area contributed by atoms with Crippen LogP contribution < -0.4 is 4.74 Å². The zero-order valence-electron chi connectivity index (χ0n) is 9.68. The van der Waals surface area contributed by atoms with Crippen LogP contribution in [0.5, 0.6) is 5.75 Å². The van der Waals surface area contributed by atoms with Crippen molar-refractivity contribution in [3.8, 4) is 5.75 Å². The number of hydrogen-bond donors (Lipinski definition) is 0. The Kier molecular flexibility index (Phi) is 3.31. The summed E-state index contributed by atoms with van der Waals surface area (Å²) in [7, 11) is 0. The van der Waals surface area contributed by atoms with Crippen LogP contribution in [0.15, 0.2) is 18.2 Å². The molecule has 1 aromatic carbocycles. The topological polar surface area (TPSA) is 9.23 Å². The predicted octanol–water partition coefficient (Wildman–Crippen LogP) is 4.09. The van der Waals surface area contributed by atoms with Crippen LogP contribution in [0.4, 0.5) is 13.2 Å². The van der Waals surface area contributed by atoms with Crippen molar-refractivity contribution in [3.05, 3.63) is 29.6 Å². The Morgan fingerprint density at radius 3 is 2.53 bits per heavy atom. The van der Waals surface area contributed by atoms with Gasteiger partial charge in [-0.2, -0.15) is 0 Å². The van der Waals surface area contributed by atoms with Gasteiger partial charge in [0.1, 0.15) is 11.6 Å². The summed E-state index contributed by atoms with van der Waals surface area (Å²) in [6, 6.07) is 4.29. The van der Waals surface area contributed by atoms with Crippen LogP contribution in [0.2, 0.25) is 0 Å². The summed E-state index contributed by atoms with van der Waals surface area (Å²) < 4.78 is 44.5. The molecule has 0 N–H and O–H groups in total. The number of aryl methyl sites for hydroxylation is 1. The van der Waals surface area contributed by atoms with Gasteiger partial charge >= 0.3 is 0 Å². The first-order valence-electron chi connectivity index (χ1n) is 5.77. The molecule has 0 radical (unpaired) electrons. The lowest BCUT2D eigenvalue weighted by molar-refractivity contribution is -0.0583. The highest BCUT2D eigenvalue weighted by Gasteiger charge is 2.35. The number of ether oxygens (including phenoxy) is 1. The molecule has 0 spiro atoms. The molecule has 1 aliphatic carbocycles. The minimum absolute atomic E-state index is 0.147. The Labute approximate surface area is 98.6 Å². The lowest BCUT2D eigenvalue weighted by Gasteiger charge is -2.29. The van der Waals surface area contributed by atoms with Gasteiger partial charge in [0.15, 0.2) is 0 Å². The Morgan fingerprint density at radius 1 is 1.24 bits per heavy atom. The molecule has 17 heavy (non-hydrogen) atoms. The van der Waals surface area contributed by atoms with E-state index < -0.39 is 5.92 Å². The quantitative estimate of drug-likeness (QED) is 0.761. The van der Waals surface area contributed by atoms with Gasteiger partial charge < -0.3 is 4.74 Å². The summed E-state index contributed by atoms with van der Waals surface area (Å²) in [6.45, 7) is 1.81. The van der Waals surface area contributed by atoms with Gasteiger partial charge in [0.25, 0.3) is 0 Å². The van der Waals surface area contributed by atoms with Crippen molar-refractivity contribution in [1.82, 2.24) is 0 Å². The fraction of sp³-hybridized carbons (Fsp3) is 0.538. The van der Waals surface area contributed by atoms with Crippen LogP contribution in [-0.4, -0.2) is 12.0 Å². The smallest absolute Gasteiger partial charge is 0.248 e. The molecule has 4 heteroatoms. The van der Waals surface area contributed by atoms with E-state index in [0.717, 1.165) is 5.56 Å². The highest BCUT2D eigenvalue weighted by Crippen LogP contribution is 2.35. The van der Waals surface area contributed by atoms with E-state index in [9.17, 15) is 13.2 Å². The van der Waals surface area contributed by atoms with E-state index in [4.69, 9.17) is 4.74 Å². The summed E-state index contributed by atoms with van der Waals surface area (Å²) in [6.07, 6.45) is 0.124. The molecule has 1 aromatic rings. The number of hydrogen-bond acceptors (Lipinski definition) is 1. The van der Waals surface area contributed by atoms with Gasteiger partial charge in [-0.05, 0) is 31.4 Å². The molecule has 1 saturated carbocycles. The normalized spacial score (nSPS) is 20.2. The molecule has 94 valence electrons. The Balaban J connectivity index is 2.00. The standard InChI is InChI=1S/C13H15F3O/c1-9-2-3-10(14)8-12(9)17-11-4-6-13(15,16)7-5-11/h2-3,8,11H,4-7H2,1H3. The molecule has 1 nitrogen and oxygen atoms in total. The van der Waals surface area contributed by atoms with Crippen LogP contribution in [0.1, 0.15) is 31.2 Å². The monoisotopic (exact) mass is 244 g/mol. The fourth-order valence-corrected chi connectivity index (χ4v) is 2.01. The van der Waals surface area contributed by atoms with Crippen molar-refractivity contribution in [1.29, 1.82) is 0 Å². The first-order valence-corrected chi connectivity index (χ1v) is 5.77. The molecule has 1 fully saturated rings. The number of alkyl halides is 2. The molecular formula is C13H15F3O. The van der Waals surface area contributed by atoms with Crippen molar-refractivity contribution in [2.45, 2.75) is 44.6 Å². The minimum atomic E-state index is -2.56. The van der Waals surface area contributed by atoms with Crippen LogP contribution >= 0.6 is 0 Å². The van der Waals surface area contributed by atoms with Gasteiger partial charge in [-0.3, -0.25) is 0 Å². The van der Waals surface area contributed by atoms with Gasteiger partial charge in [0.2, 0.25) is 5.92 Å². The highest BCUT2D eigenvalue weighted by molar-refractivity contribution is 5.32. The molecule has 1 aliphatic rings. The lowest BCUT2D eigenvalue weighted by Crippen LogP contribution is -2.30. The lowest BCUT2D eigenvalue weighted by atomic mass is 9.94. The van der Waals surface area contributed by atoms with Crippen molar-refractivity contribution < 1.29 is 17.9 Å².